The van der Waals surface area contributed by atoms with Gasteiger partial charge in [0.15, 0.2) is 12.2 Å². The van der Waals surface area contributed by atoms with Crippen LogP contribution in [-0.4, -0.2) is 24.1 Å². The molecule has 0 spiro atoms. The molecular weight excluding hydrogens is 460 g/mol. The molecule has 5 heteroatoms. The van der Waals surface area contributed by atoms with E-state index in [9.17, 15) is 9.59 Å². The van der Waals surface area contributed by atoms with E-state index in [1.165, 1.54) is 0 Å². The van der Waals surface area contributed by atoms with Gasteiger partial charge in [-0.1, -0.05) is 84.9 Å². The molecule has 0 N–H and O–H groups in total. The maximum absolute atomic E-state index is 13.2. The van der Waals surface area contributed by atoms with Gasteiger partial charge in [-0.25, -0.2) is 9.59 Å². The first-order valence-corrected chi connectivity index (χ1v) is 11.9. The molecule has 0 heterocycles. The van der Waals surface area contributed by atoms with E-state index < -0.39 is 29.0 Å². The second-order valence-corrected chi connectivity index (χ2v) is 9.39. The van der Waals surface area contributed by atoms with Crippen LogP contribution in [-0.2, 0) is 14.3 Å². The minimum absolute atomic E-state index is 0.329. The fourth-order valence-electron chi connectivity index (χ4n) is 5.37. The zero-order valence-corrected chi connectivity index (χ0v) is 19.4. The van der Waals surface area contributed by atoms with Crippen LogP contribution in [0.4, 0.5) is 0 Å². The van der Waals surface area contributed by atoms with Crippen molar-refractivity contribution >= 4 is 23.5 Å². The Balaban J connectivity index is 1.50. The van der Waals surface area contributed by atoms with E-state index in [-0.39, 0.29) is 5.92 Å². The lowest BCUT2D eigenvalue weighted by atomic mass is 9.60. The van der Waals surface area contributed by atoms with Gasteiger partial charge in [0.1, 0.15) is 4.87 Å². The lowest BCUT2D eigenvalue weighted by Crippen LogP contribution is -2.58. The summed E-state index contributed by atoms with van der Waals surface area (Å²) >= 11 is 7.51. The molecule has 4 nitrogen and oxygen atoms in total. The number of benzene rings is 4. The molecule has 0 amide bonds. The molecule has 172 valence electrons. The molecule has 0 fully saturated rings. The maximum atomic E-state index is 13.2. The van der Waals surface area contributed by atoms with Crippen molar-refractivity contribution in [2.45, 2.75) is 23.0 Å². The summed E-state index contributed by atoms with van der Waals surface area (Å²) in [6, 6.07) is 33.2. The predicted molar refractivity (Wildman–Crippen MR) is 133 cm³/mol. The number of alkyl halides is 1. The summed E-state index contributed by atoms with van der Waals surface area (Å²) in [7, 11) is 0. The fourth-order valence-corrected chi connectivity index (χ4v) is 5.89. The monoisotopic (exact) mass is 480 g/mol. The number of fused-ring (bicyclic) bond motifs is 1. The molecule has 0 radical (unpaired) electrons. The van der Waals surface area contributed by atoms with Gasteiger partial charge in [-0.2, -0.15) is 0 Å². The van der Waals surface area contributed by atoms with Crippen molar-refractivity contribution < 1.29 is 19.1 Å². The molecule has 2 atom stereocenters. The normalized spacial score (nSPS) is 23.6. The Morgan fingerprint density at radius 3 is 1.54 bits per heavy atom. The first kappa shape index (κ1) is 21.6. The van der Waals surface area contributed by atoms with Gasteiger partial charge in [0.05, 0.1) is 17.0 Å². The SMILES string of the molecule is O=C(OC1C(OC(=O)c2ccccc2)[C@]2(Cl)c3ccccc3[C@H]1c1ccccc12)c1ccccc1. The summed E-state index contributed by atoms with van der Waals surface area (Å²) < 4.78 is 12.3. The number of carbonyl (C=O) groups is 2. The topological polar surface area (TPSA) is 52.6 Å². The molecule has 4 aromatic rings. The third-order valence-corrected chi connectivity index (χ3v) is 7.51. The van der Waals surface area contributed by atoms with Crippen LogP contribution in [0.2, 0.25) is 0 Å². The van der Waals surface area contributed by atoms with Crippen LogP contribution in [0.5, 0.6) is 0 Å². The first-order valence-electron chi connectivity index (χ1n) is 11.5. The lowest BCUT2D eigenvalue weighted by Gasteiger charge is -2.53. The van der Waals surface area contributed by atoms with Crippen molar-refractivity contribution in [1.29, 1.82) is 0 Å². The van der Waals surface area contributed by atoms with E-state index in [1.807, 2.05) is 60.7 Å². The Morgan fingerprint density at radius 2 is 1.03 bits per heavy atom. The molecule has 3 aliphatic carbocycles. The quantitative estimate of drug-likeness (QED) is 0.262. The van der Waals surface area contributed by atoms with Crippen molar-refractivity contribution in [2.75, 3.05) is 0 Å². The average Bonchev–Trinajstić information content (AvgIpc) is 2.91. The van der Waals surface area contributed by atoms with Crippen LogP contribution < -0.4 is 0 Å². The van der Waals surface area contributed by atoms with E-state index >= 15 is 0 Å². The number of ether oxygens (including phenoxy) is 2. The maximum Gasteiger partial charge on any atom is 0.338 e. The number of esters is 2. The molecule has 2 unspecified atom stereocenters. The van der Waals surface area contributed by atoms with E-state index in [0.29, 0.717) is 11.1 Å². The highest BCUT2D eigenvalue weighted by molar-refractivity contribution is 6.27. The van der Waals surface area contributed by atoms with Crippen molar-refractivity contribution in [3.63, 3.8) is 0 Å². The van der Waals surface area contributed by atoms with Crippen LogP contribution >= 0.6 is 11.6 Å². The highest BCUT2D eigenvalue weighted by Gasteiger charge is 2.62. The molecule has 0 aliphatic heterocycles. The predicted octanol–water partition coefficient (Wildman–Crippen LogP) is 6.08. The number of hydrogen-bond acceptors (Lipinski definition) is 4. The Bertz CT molecular complexity index is 1370. The Kier molecular flexibility index (Phi) is 5.19. The molecule has 3 aliphatic rings. The lowest BCUT2D eigenvalue weighted by molar-refractivity contribution is -0.0623. The molecule has 0 saturated heterocycles. The van der Waals surface area contributed by atoms with Gasteiger partial charge >= 0.3 is 11.9 Å². The van der Waals surface area contributed by atoms with Crippen LogP contribution in [0, 0.1) is 0 Å². The molecular formula is C30H21ClO4. The minimum Gasteiger partial charge on any atom is -0.454 e. The number of rotatable bonds is 4. The highest BCUT2D eigenvalue weighted by Crippen LogP contribution is 2.60. The molecule has 0 aromatic heterocycles. The summed E-state index contributed by atoms with van der Waals surface area (Å²) in [6.45, 7) is 0. The smallest absolute Gasteiger partial charge is 0.338 e. The largest absolute Gasteiger partial charge is 0.454 e. The third kappa shape index (κ3) is 3.36. The van der Waals surface area contributed by atoms with Gasteiger partial charge in [-0.3, -0.25) is 0 Å². The summed E-state index contributed by atoms with van der Waals surface area (Å²) in [5.74, 6) is -1.33. The number of carbonyl (C=O) groups excluding carboxylic acids is 2. The third-order valence-electron chi connectivity index (χ3n) is 6.89. The van der Waals surface area contributed by atoms with Crippen molar-refractivity contribution in [2.24, 2.45) is 0 Å². The highest BCUT2D eigenvalue weighted by atomic mass is 35.5. The Labute approximate surface area is 208 Å². The van der Waals surface area contributed by atoms with Gasteiger partial charge < -0.3 is 9.47 Å². The van der Waals surface area contributed by atoms with Gasteiger partial charge in [0, 0.05) is 0 Å². The zero-order valence-electron chi connectivity index (χ0n) is 18.6. The van der Waals surface area contributed by atoms with Crippen LogP contribution in [0.1, 0.15) is 48.9 Å². The second-order valence-electron chi connectivity index (χ2n) is 8.79. The molecule has 0 saturated carbocycles. The first-order chi connectivity index (χ1) is 17.1. The molecule has 35 heavy (non-hydrogen) atoms. The average molecular weight is 481 g/mol. The Hall–Kier alpha value is -3.89. The van der Waals surface area contributed by atoms with E-state index in [1.54, 1.807) is 48.5 Å². The number of hydrogen-bond donors (Lipinski definition) is 0. The van der Waals surface area contributed by atoms with Gasteiger partial charge in [-0.05, 0) is 46.5 Å². The molecule has 4 aromatic carbocycles. The number of halogens is 1. The van der Waals surface area contributed by atoms with E-state index in [2.05, 4.69) is 0 Å². The van der Waals surface area contributed by atoms with Crippen LogP contribution in [0.3, 0.4) is 0 Å². The molecule has 2 bridgehead atoms. The van der Waals surface area contributed by atoms with Crippen LogP contribution in [0.25, 0.3) is 0 Å². The van der Waals surface area contributed by atoms with E-state index in [0.717, 1.165) is 22.3 Å². The van der Waals surface area contributed by atoms with Gasteiger partial charge in [-0.15, -0.1) is 11.6 Å². The summed E-state index contributed by atoms with van der Waals surface area (Å²) in [6.07, 6.45) is -1.74. The van der Waals surface area contributed by atoms with Gasteiger partial charge in [0.2, 0.25) is 0 Å². The summed E-state index contributed by atoms with van der Waals surface area (Å²) in [4.78, 5) is 25.2. The van der Waals surface area contributed by atoms with Crippen LogP contribution in [0.15, 0.2) is 109 Å². The van der Waals surface area contributed by atoms with E-state index in [4.69, 9.17) is 21.1 Å². The van der Waals surface area contributed by atoms with Crippen molar-refractivity contribution in [1.82, 2.24) is 0 Å². The van der Waals surface area contributed by atoms with Crippen molar-refractivity contribution in [3.8, 4) is 0 Å². The summed E-state index contributed by atoms with van der Waals surface area (Å²) in [5, 5.41) is 0. The standard InChI is InChI=1S/C30H21ClO4/c31-30-23-17-9-7-15-21(23)25(22-16-8-10-18-24(22)30)26(34-28(32)19-11-3-1-4-12-19)27(30)35-29(33)20-13-5-2-6-14-20/h1-18,25-27H/t25-,26?,27?,30-. The zero-order chi connectivity index (χ0) is 24.0. The Morgan fingerprint density at radius 1 is 0.600 bits per heavy atom. The second kappa shape index (κ2) is 8.40. The molecule has 7 rings (SSSR count). The fraction of sp³-hybridized carbons (Fsp3) is 0.133. The van der Waals surface area contributed by atoms with Crippen molar-refractivity contribution in [3.05, 3.63) is 143 Å². The van der Waals surface area contributed by atoms with Gasteiger partial charge in [0.25, 0.3) is 0 Å². The minimum atomic E-state index is -1.21. The summed E-state index contributed by atoms with van der Waals surface area (Å²) in [5.41, 5.74) is 4.50.